The first kappa shape index (κ1) is 14.0. The summed E-state index contributed by atoms with van der Waals surface area (Å²) in [5.41, 5.74) is 4.45. The first-order chi connectivity index (χ1) is 7.60. The first-order valence-electron chi connectivity index (χ1n) is 5.91. The lowest BCUT2D eigenvalue weighted by molar-refractivity contribution is -0.156. The number of aliphatic carboxylic acids is 1. The summed E-state index contributed by atoms with van der Waals surface area (Å²) in [5.74, 6) is -1.22. The van der Waals surface area contributed by atoms with E-state index in [1.807, 2.05) is 20.8 Å². The molecule has 98 valence electrons. The van der Waals surface area contributed by atoms with Gasteiger partial charge in [0.2, 0.25) is 5.91 Å². The highest BCUT2D eigenvalue weighted by Crippen LogP contribution is 2.31. The average Bonchev–Trinajstić information content (AvgIpc) is 2.58. The van der Waals surface area contributed by atoms with Crippen LogP contribution in [0.1, 0.15) is 40.5 Å². The van der Waals surface area contributed by atoms with Gasteiger partial charge in [-0.15, -0.1) is 0 Å². The SMILES string of the molecule is CC(C)(C)[C@H](N)C(=O)N1CCCC1(C)C(=O)O. The molecule has 1 aliphatic heterocycles. The molecule has 0 saturated carbocycles. The topological polar surface area (TPSA) is 83.6 Å². The molecule has 0 radical (unpaired) electrons. The Bertz CT molecular complexity index is 335. The van der Waals surface area contributed by atoms with Crippen molar-refractivity contribution in [3.05, 3.63) is 0 Å². The minimum Gasteiger partial charge on any atom is -0.480 e. The molecule has 0 spiro atoms. The summed E-state index contributed by atoms with van der Waals surface area (Å²) in [6, 6.07) is -0.667. The summed E-state index contributed by atoms with van der Waals surface area (Å²) in [7, 11) is 0. The fraction of sp³-hybridized carbons (Fsp3) is 0.833. The Morgan fingerprint density at radius 1 is 1.41 bits per heavy atom. The maximum absolute atomic E-state index is 12.2. The molecule has 17 heavy (non-hydrogen) atoms. The number of carboxylic acids is 1. The van der Waals surface area contributed by atoms with Gasteiger partial charge >= 0.3 is 5.97 Å². The Hall–Kier alpha value is -1.10. The molecule has 1 aliphatic rings. The third-order valence-electron chi connectivity index (χ3n) is 3.57. The molecule has 1 heterocycles. The van der Waals surface area contributed by atoms with Gasteiger partial charge in [0.05, 0.1) is 6.04 Å². The number of likely N-dealkylation sites (tertiary alicyclic amines) is 1. The number of nitrogens with zero attached hydrogens (tertiary/aromatic N) is 1. The number of hydrogen-bond donors (Lipinski definition) is 2. The van der Waals surface area contributed by atoms with Crippen molar-refractivity contribution in [2.75, 3.05) is 6.54 Å². The number of carboxylic acid groups (broad SMARTS) is 1. The number of nitrogens with two attached hydrogens (primary N) is 1. The van der Waals surface area contributed by atoms with Crippen LogP contribution in [-0.2, 0) is 9.59 Å². The van der Waals surface area contributed by atoms with Crippen LogP contribution in [0.5, 0.6) is 0 Å². The number of hydrogen-bond acceptors (Lipinski definition) is 3. The summed E-state index contributed by atoms with van der Waals surface area (Å²) in [6.45, 7) is 7.71. The Balaban J connectivity index is 2.93. The molecule has 0 aliphatic carbocycles. The van der Waals surface area contributed by atoms with Crippen molar-refractivity contribution in [2.24, 2.45) is 11.1 Å². The molecule has 1 saturated heterocycles. The first-order valence-corrected chi connectivity index (χ1v) is 5.91. The highest BCUT2D eigenvalue weighted by atomic mass is 16.4. The zero-order chi connectivity index (χ0) is 13.4. The van der Waals surface area contributed by atoms with Crippen LogP contribution in [0.4, 0.5) is 0 Å². The molecule has 0 aromatic heterocycles. The minimum absolute atomic E-state index is 0.264. The van der Waals surface area contributed by atoms with E-state index in [4.69, 9.17) is 5.73 Å². The van der Waals surface area contributed by atoms with E-state index >= 15 is 0 Å². The highest BCUT2D eigenvalue weighted by Gasteiger charge is 2.48. The predicted molar refractivity (Wildman–Crippen MR) is 64.4 cm³/mol. The number of carbonyl (C=O) groups excluding carboxylic acids is 1. The van der Waals surface area contributed by atoms with Crippen LogP contribution in [0.2, 0.25) is 0 Å². The molecule has 5 nitrogen and oxygen atoms in total. The van der Waals surface area contributed by atoms with Gasteiger partial charge in [-0.05, 0) is 25.2 Å². The molecule has 1 unspecified atom stereocenters. The predicted octanol–water partition coefficient (Wildman–Crippen LogP) is 0.825. The molecule has 1 rings (SSSR count). The van der Waals surface area contributed by atoms with Crippen molar-refractivity contribution in [1.82, 2.24) is 4.90 Å². The number of amides is 1. The van der Waals surface area contributed by atoms with E-state index < -0.39 is 17.6 Å². The molecule has 0 bridgehead atoms. The quantitative estimate of drug-likeness (QED) is 0.751. The largest absolute Gasteiger partial charge is 0.480 e. The van der Waals surface area contributed by atoms with Crippen molar-refractivity contribution < 1.29 is 14.7 Å². The van der Waals surface area contributed by atoms with Crippen LogP contribution in [0.15, 0.2) is 0 Å². The van der Waals surface area contributed by atoms with Gasteiger partial charge in [-0.3, -0.25) is 4.79 Å². The zero-order valence-electron chi connectivity index (χ0n) is 11.0. The summed E-state index contributed by atoms with van der Waals surface area (Å²) in [4.78, 5) is 24.9. The van der Waals surface area contributed by atoms with Gasteiger partial charge in [0, 0.05) is 6.54 Å². The molecule has 3 N–H and O–H groups in total. The maximum Gasteiger partial charge on any atom is 0.329 e. The third kappa shape index (κ3) is 2.44. The van der Waals surface area contributed by atoms with Crippen molar-refractivity contribution in [3.8, 4) is 0 Å². The highest BCUT2D eigenvalue weighted by molar-refractivity contribution is 5.90. The molecule has 1 fully saturated rings. The van der Waals surface area contributed by atoms with Crippen LogP contribution in [0.3, 0.4) is 0 Å². The summed E-state index contributed by atoms with van der Waals surface area (Å²) in [6.07, 6.45) is 1.20. The summed E-state index contributed by atoms with van der Waals surface area (Å²) >= 11 is 0. The Morgan fingerprint density at radius 2 is 1.94 bits per heavy atom. The molecule has 1 amide bonds. The van der Waals surface area contributed by atoms with E-state index in [0.717, 1.165) is 0 Å². The fourth-order valence-electron chi connectivity index (χ4n) is 2.08. The number of rotatable bonds is 2. The van der Waals surface area contributed by atoms with Crippen LogP contribution >= 0.6 is 0 Å². The van der Waals surface area contributed by atoms with E-state index in [1.54, 1.807) is 6.92 Å². The van der Waals surface area contributed by atoms with Gasteiger partial charge in [0.1, 0.15) is 5.54 Å². The van der Waals surface area contributed by atoms with Crippen LogP contribution < -0.4 is 5.73 Å². The lowest BCUT2D eigenvalue weighted by atomic mass is 9.85. The minimum atomic E-state index is -1.10. The maximum atomic E-state index is 12.2. The van der Waals surface area contributed by atoms with E-state index in [2.05, 4.69) is 0 Å². The van der Waals surface area contributed by atoms with E-state index in [9.17, 15) is 14.7 Å². The van der Waals surface area contributed by atoms with Gasteiger partial charge in [0.15, 0.2) is 0 Å². The van der Waals surface area contributed by atoms with E-state index in [1.165, 1.54) is 4.90 Å². The van der Waals surface area contributed by atoms with Crippen molar-refractivity contribution in [2.45, 2.75) is 52.1 Å². The van der Waals surface area contributed by atoms with Gasteiger partial charge in [0.25, 0.3) is 0 Å². The Morgan fingerprint density at radius 3 is 2.35 bits per heavy atom. The van der Waals surface area contributed by atoms with Gasteiger partial charge in [-0.2, -0.15) is 0 Å². The van der Waals surface area contributed by atoms with E-state index in [-0.39, 0.29) is 11.3 Å². The zero-order valence-corrected chi connectivity index (χ0v) is 11.0. The molecule has 5 heteroatoms. The molecular weight excluding hydrogens is 220 g/mol. The van der Waals surface area contributed by atoms with Gasteiger partial charge < -0.3 is 15.7 Å². The van der Waals surface area contributed by atoms with Crippen molar-refractivity contribution in [3.63, 3.8) is 0 Å². The third-order valence-corrected chi connectivity index (χ3v) is 3.57. The normalized spacial score (nSPS) is 27.0. The molecular formula is C12H22N2O3. The summed E-state index contributed by atoms with van der Waals surface area (Å²) < 4.78 is 0. The Labute approximate surface area is 102 Å². The van der Waals surface area contributed by atoms with Crippen LogP contribution in [0, 0.1) is 5.41 Å². The van der Waals surface area contributed by atoms with Crippen LogP contribution in [0.25, 0.3) is 0 Å². The lowest BCUT2D eigenvalue weighted by Crippen LogP contribution is -2.58. The van der Waals surface area contributed by atoms with Crippen molar-refractivity contribution in [1.29, 1.82) is 0 Å². The molecule has 0 aromatic carbocycles. The second-order valence-electron chi connectivity index (χ2n) is 6.02. The second-order valence-corrected chi connectivity index (χ2v) is 6.02. The van der Waals surface area contributed by atoms with Gasteiger partial charge in [-0.25, -0.2) is 4.79 Å². The van der Waals surface area contributed by atoms with E-state index in [0.29, 0.717) is 19.4 Å². The van der Waals surface area contributed by atoms with Crippen molar-refractivity contribution >= 4 is 11.9 Å². The smallest absolute Gasteiger partial charge is 0.329 e. The fourth-order valence-corrected chi connectivity index (χ4v) is 2.08. The summed E-state index contributed by atoms with van der Waals surface area (Å²) in [5, 5.41) is 9.24. The average molecular weight is 242 g/mol. The number of carbonyl (C=O) groups is 2. The molecule has 0 aromatic rings. The monoisotopic (exact) mass is 242 g/mol. The van der Waals surface area contributed by atoms with Crippen LogP contribution in [-0.4, -0.2) is 40.0 Å². The Kier molecular flexibility index (Phi) is 3.52. The lowest BCUT2D eigenvalue weighted by Gasteiger charge is -2.36. The van der Waals surface area contributed by atoms with Gasteiger partial charge in [-0.1, -0.05) is 20.8 Å². The molecule has 2 atom stereocenters. The second kappa shape index (κ2) is 4.29. The standard InChI is InChI=1S/C12H22N2O3/c1-11(2,3)8(13)9(15)14-7-5-6-12(14,4)10(16)17/h8H,5-7,13H2,1-4H3,(H,16,17)/t8-,12?/m1/s1.